The summed E-state index contributed by atoms with van der Waals surface area (Å²) in [5.41, 5.74) is 3.74. The quantitative estimate of drug-likeness (QED) is 0.0758. The Labute approximate surface area is 242 Å². The first-order chi connectivity index (χ1) is 20.2. The summed E-state index contributed by atoms with van der Waals surface area (Å²) in [5, 5.41) is 0.983. The lowest BCUT2D eigenvalue weighted by molar-refractivity contribution is 0.0472. The van der Waals surface area contributed by atoms with Crippen LogP contribution in [0.2, 0.25) is 0 Å². The lowest BCUT2D eigenvalue weighted by Gasteiger charge is -2.16. The number of nitrogens with zero attached hydrogens (tertiary/aromatic N) is 1. The Balaban J connectivity index is 1.49. The minimum atomic E-state index is -3.85. The number of carbonyl (C=O) groups excluding carboxylic acids is 2. The third kappa shape index (κ3) is 6.04. The molecule has 0 saturated heterocycles. The van der Waals surface area contributed by atoms with E-state index < -0.39 is 19.8 Å². The molecule has 5 rings (SSSR count). The SMILES string of the molecule is COP(=O)(OC)Oc1ccc2nc3ccccc3c(C(=O)Oc3c(C)cc(C(=O)OCc4ccccc4)cc3C)c2c1. The number of hydrogen-bond acceptors (Lipinski definition) is 9. The fourth-order valence-electron chi connectivity index (χ4n) is 4.60. The molecule has 0 aliphatic rings. The summed E-state index contributed by atoms with van der Waals surface area (Å²) >= 11 is 0. The normalized spacial score (nSPS) is 11.4. The zero-order valence-electron chi connectivity index (χ0n) is 23.5. The van der Waals surface area contributed by atoms with Gasteiger partial charge in [-0.15, -0.1) is 0 Å². The summed E-state index contributed by atoms with van der Waals surface area (Å²) < 4.78 is 39.3. The van der Waals surface area contributed by atoms with Crippen LogP contribution in [0.25, 0.3) is 21.8 Å². The Hall–Kier alpha value is -4.56. The van der Waals surface area contributed by atoms with Gasteiger partial charge in [-0.25, -0.2) is 19.1 Å². The lowest BCUT2D eigenvalue weighted by atomic mass is 10.0. The van der Waals surface area contributed by atoms with Crippen LogP contribution >= 0.6 is 7.82 Å². The zero-order valence-corrected chi connectivity index (χ0v) is 24.3. The number of pyridine rings is 1. The molecule has 0 atom stereocenters. The van der Waals surface area contributed by atoms with Gasteiger partial charge in [0.2, 0.25) is 0 Å². The van der Waals surface area contributed by atoms with Crippen LogP contribution in [0.3, 0.4) is 0 Å². The van der Waals surface area contributed by atoms with Crippen molar-refractivity contribution in [2.24, 2.45) is 0 Å². The fourth-order valence-corrected chi connectivity index (χ4v) is 5.27. The van der Waals surface area contributed by atoms with E-state index in [1.54, 1.807) is 62.4 Å². The van der Waals surface area contributed by atoms with Gasteiger partial charge in [0.25, 0.3) is 0 Å². The number of para-hydroxylation sites is 1. The van der Waals surface area contributed by atoms with Crippen LogP contribution in [0.4, 0.5) is 0 Å². The molecule has 0 saturated carbocycles. The highest BCUT2D eigenvalue weighted by Crippen LogP contribution is 2.48. The summed E-state index contributed by atoms with van der Waals surface area (Å²) in [6, 6.07) is 24.6. The first-order valence-electron chi connectivity index (χ1n) is 13.0. The number of aromatic nitrogens is 1. The third-order valence-corrected chi connectivity index (χ3v) is 7.95. The molecule has 5 aromatic rings. The molecule has 42 heavy (non-hydrogen) atoms. The Morgan fingerprint density at radius 1 is 0.762 bits per heavy atom. The lowest BCUT2D eigenvalue weighted by Crippen LogP contribution is -2.13. The number of esters is 2. The van der Waals surface area contributed by atoms with Crippen molar-refractivity contribution in [2.45, 2.75) is 20.5 Å². The molecule has 0 spiro atoms. The van der Waals surface area contributed by atoms with Crippen LogP contribution in [-0.2, 0) is 25.0 Å². The van der Waals surface area contributed by atoms with E-state index in [4.69, 9.17) is 23.0 Å². The minimum Gasteiger partial charge on any atom is -0.457 e. The van der Waals surface area contributed by atoms with Gasteiger partial charge < -0.3 is 14.0 Å². The van der Waals surface area contributed by atoms with E-state index in [0.29, 0.717) is 44.2 Å². The summed E-state index contributed by atoms with van der Waals surface area (Å²) in [4.78, 5) is 31.3. The van der Waals surface area contributed by atoms with Gasteiger partial charge in [0.05, 0.1) is 22.2 Å². The molecular weight excluding hydrogens is 557 g/mol. The van der Waals surface area contributed by atoms with Gasteiger partial charge in [0.1, 0.15) is 18.1 Å². The molecule has 9 nitrogen and oxygen atoms in total. The first-order valence-corrected chi connectivity index (χ1v) is 14.5. The van der Waals surface area contributed by atoms with Gasteiger partial charge >= 0.3 is 19.8 Å². The molecule has 0 amide bonds. The Morgan fingerprint density at radius 3 is 2.10 bits per heavy atom. The molecule has 214 valence electrons. The Morgan fingerprint density at radius 2 is 1.40 bits per heavy atom. The molecule has 0 N–H and O–H groups in total. The smallest absolute Gasteiger partial charge is 0.457 e. The highest BCUT2D eigenvalue weighted by molar-refractivity contribution is 7.48. The number of hydrogen-bond donors (Lipinski definition) is 0. The molecule has 0 unspecified atom stereocenters. The van der Waals surface area contributed by atoms with Crippen LogP contribution in [0, 0.1) is 13.8 Å². The Bertz CT molecular complexity index is 1820. The van der Waals surface area contributed by atoms with Gasteiger partial charge in [-0.2, -0.15) is 0 Å². The van der Waals surface area contributed by atoms with Crippen molar-refractivity contribution in [1.29, 1.82) is 0 Å². The predicted molar refractivity (Wildman–Crippen MR) is 158 cm³/mol. The molecule has 1 heterocycles. The number of ether oxygens (including phenoxy) is 2. The van der Waals surface area contributed by atoms with Crippen LogP contribution in [0.1, 0.15) is 37.4 Å². The van der Waals surface area contributed by atoms with Crippen molar-refractivity contribution >= 4 is 41.6 Å². The van der Waals surface area contributed by atoms with Gasteiger partial charge in [0.15, 0.2) is 0 Å². The van der Waals surface area contributed by atoms with Crippen LogP contribution in [-0.4, -0.2) is 31.1 Å². The maximum absolute atomic E-state index is 13.8. The number of rotatable bonds is 9. The van der Waals surface area contributed by atoms with E-state index in [9.17, 15) is 14.2 Å². The molecule has 0 radical (unpaired) electrons. The second kappa shape index (κ2) is 12.1. The van der Waals surface area contributed by atoms with Crippen LogP contribution < -0.4 is 9.26 Å². The largest absolute Gasteiger partial charge is 0.529 e. The van der Waals surface area contributed by atoms with E-state index in [0.717, 1.165) is 5.56 Å². The van der Waals surface area contributed by atoms with E-state index in [2.05, 4.69) is 4.98 Å². The molecule has 0 aliphatic heterocycles. The number of aryl methyl sites for hydroxylation is 2. The van der Waals surface area contributed by atoms with Crippen molar-refractivity contribution in [3.05, 3.63) is 113 Å². The van der Waals surface area contributed by atoms with Gasteiger partial charge in [-0.05, 0) is 66.9 Å². The molecule has 0 bridgehead atoms. The van der Waals surface area contributed by atoms with Gasteiger partial charge in [-0.1, -0.05) is 48.5 Å². The Kier molecular flexibility index (Phi) is 8.36. The monoisotopic (exact) mass is 585 g/mol. The van der Waals surface area contributed by atoms with E-state index in [1.807, 2.05) is 36.4 Å². The number of phosphoric ester groups is 1. The van der Waals surface area contributed by atoms with Gasteiger partial charge in [-0.3, -0.25) is 9.05 Å². The third-order valence-electron chi connectivity index (χ3n) is 6.62. The number of carbonyl (C=O) groups is 2. The highest BCUT2D eigenvalue weighted by Gasteiger charge is 2.26. The standard InChI is InChI=1S/C32H28NO8P/c1-20-16-23(31(34)39-19-22-10-6-5-7-11-22)17-21(2)30(20)40-32(35)29-25-12-8-9-13-27(25)33-28-15-14-24(18-26(28)29)41-42(36,37-3)38-4/h5-18H,19H2,1-4H3. The summed E-state index contributed by atoms with van der Waals surface area (Å²) in [7, 11) is -1.43. The van der Waals surface area contributed by atoms with E-state index in [-0.39, 0.29) is 17.9 Å². The number of phosphoric acid groups is 1. The predicted octanol–water partition coefficient (Wildman–Crippen LogP) is 7.36. The summed E-state index contributed by atoms with van der Waals surface area (Å²) in [6.07, 6.45) is 0. The molecular formula is C32H28NO8P. The maximum atomic E-state index is 13.8. The minimum absolute atomic E-state index is 0.145. The van der Waals surface area contributed by atoms with Crippen molar-refractivity contribution in [3.8, 4) is 11.5 Å². The van der Waals surface area contributed by atoms with Crippen molar-refractivity contribution < 1.29 is 37.2 Å². The van der Waals surface area contributed by atoms with E-state index in [1.165, 1.54) is 14.2 Å². The van der Waals surface area contributed by atoms with Crippen molar-refractivity contribution in [2.75, 3.05) is 14.2 Å². The fraction of sp³-hybridized carbons (Fsp3) is 0.156. The topological polar surface area (TPSA) is 110 Å². The zero-order chi connectivity index (χ0) is 29.9. The molecule has 4 aromatic carbocycles. The maximum Gasteiger partial charge on any atom is 0.529 e. The average molecular weight is 586 g/mol. The van der Waals surface area contributed by atoms with Crippen molar-refractivity contribution in [1.82, 2.24) is 4.98 Å². The molecule has 0 fully saturated rings. The van der Waals surface area contributed by atoms with Crippen molar-refractivity contribution in [3.63, 3.8) is 0 Å². The van der Waals surface area contributed by atoms with E-state index >= 15 is 0 Å². The second-order valence-corrected chi connectivity index (χ2v) is 11.3. The average Bonchev–Trinajstić information content (AvgIpc) is 3.00. The second-order valence-electron chi connectivity index (χ2n) is 9.48. The van der Waals surface area contributed by atoms with Gasteiger partial charge in [0, 0.05) is 25.0 Å². The van der Waals surface area contributed by atoms with Crippen LogP contribution in [0.15, 0.2) is 84.9 Å². The first kappa shape index (κ1) is 29.0. The summed E-state index contributed by atoms with van der Waals surface area (Å²) in [6.45, 7) is 3.66. The summed E-state index contributed by atoms with van der Waals surface area (Å²) in [5.74, 6) is -0.635. The number of fused-ring (bicyclic) bond motifs is 2. The molecule has 1 aromatic heterocycles. The number of benzene rings is 4. The molecule has 10 heteroatoms. The van der Waals surface area contributed by atoms with Crippen LogP contribution in [0.5, 0.6) is 11.5 Å². The molecule has 0 aliphatic carbocycles. The highest BCUT2D eigenvalue weighted by atomic mass is 31.2.